The van der Waals surface area contributed by atoms with Crippen molar-refractivity contribution >= 4 is 11.8 Å². The first kappa shape index (κ1) is 14.5. The Hall–Kier alpha value is -1.88. The lowest BCUT2D eigenvalue weighted by atomic mass is 10.1. The molecule has 1 aliphatic heterocycles. The first-order chi connectivity index (χ1) is 9.67. The van der Waals surface area contributed by atoms with Crippen LogP contribution in [0.5, 0.6) is 0 Å². The molecule has 0 aliphatic carbocycles. The van der Waals surface area contributed by atoms with Crippen LogP contribution in [-0.4, -0.2) is 60.9 Å². The van der Waals surface area contributed by atoms with Crippen LogP contribution in [0.25, 0.3) is 0 Å². The van der Waals surface area contributed by atoms with E-state index in [-0.39, 0.29) is 11.8 Å². The molecule has 2 rings (SSSR count). The fourth-order valence-corrected chi connectivity index (χ4v) is 2.51. The Labute approximate surface area is 119 Å². The molecule has 1 unspecified atom stereocenters. The van der Waals surface area contributed by atoms with Crippen molar-refractivity contribution < 1.29 is 9.59 Å². The molecule has 1 aromatic carbocycles. The summed E-state index contributed by atoms with van der Waals surface area (Å²) in [5, 5.41) is 2.66. The highest BCUT2D eigenvalue weighted by Gasteiger charge is 2.34. The van der Waals surface area contributed by atoms with E-state index in [0.29, 0.717) is 18.7 Å². The van der Waals surface area contributed by atoms with Gasteiger partial charge in [-0.15, -0.1) is 0 Å². The first-order valence-corrected chi connectivity index (χ1v) is 6.97. The van der Waals surface area contributed by atoms with E-state index >= 15 is 0 Å². The van der Waals surface area contributed by atoms with Crippen LogP contribution in [0.3, 0.4) is 0 Å². The summed E-state index contributed by atoms with van der Waals surface area (Å²) >= 11 is 0. The number of nitrogens with one attached hydrogen (secondary N) is 1. The van der Waals surface area contributed by atoms with Crippen molar-refractivity contribution in [1.29, 1.82) is 0 Å². The SMILES string of the molecule is CCN1CCN(C(=O)c2ccccc2)C(C(=O)NC)C1. The summed E-state index contributed by atoms with van der Waals surface area (Å²) in [7, 11) is 1.61. The van der Waals surface area contributed by atoms with Crippen LogP contribution < -0.4 is 5.32 Å². The van der Waals surface area contributed by atoms with E-state index in [1.165, 1.54) is 0 Å². The predicted octanol–water partition coefficient (Wildman–Crippen LogP) is 0.579. The molecule has 1 aliphatic rings. The maximum Gasteiger partial charge on any atom is 0.254 e. The third-order valence-electron chi connectivity index (χ3n) is 3.74. The summed E-state index contributed by atoms with van der Waals surface area (Å²) in [5.41, 5.74) is 0.631. The maximum absolute atomic E-state index is 12.6. The van der Waals surface area contributed by atoms with E-state index in [4.69, 9.17) is 0 Å². The van der Waals surface area contributed by atoms with E-state index in [9.17, 15) is 9.59 Å². The molecule has 0 radical (unpaired) electrons. The number of benzene rings is 1. The summed E-state index contributed by atoms with van der Waals surface area (Å²) in [5.74, 6) is -0.178. The van der Waals surface area contributed by atoms with Gasteiger partial charge < -0.3 is 10.2 Å². The smallest absolute Gasteiger partial charge is 0.254 e. The average Bonchev–Trinajstić information content (AvgIpc) is 2.53. The van der Waals surface area contributed by atoms with E-state index in [2.05, 4.69) is 17.1 Å². The van der Waals surface area contributed by atoms with Gasteiger partial charge in [-0.1, -0.05) is 25.1 Å². The number of nitrogens with zero attached hydrogens (tertiary/aromatic N) is 2. The van der Waals surface area contributed by atoms with Crippen molar-refractivity contribution in [2.75, 3.05) is 33.2 Å². The molecule has 108 valence electrons. The molecule has 1 heterocycles. The van der Waals surface area contributed by atoms with Gasteiger partial charge in [0.15, 0.2) is 0 Å². The molecule has 5 nitrogen and oxygen atoms in total. The van der Waals surface area contributed by atoms with Gasteiger partial charge in [0.25, 0.3) is 5.91 Å². The van der Waals surface area contributed by atoms with Gasteiger partial charge in [-0.25, -0.2) is 0 Å². The minimum absolute atomic E-state index is 0.0741. The highest BCUT2D eigenvalue weighted by molar-refractivity contribution is 5.97. The molecule has 5 heteroatoms. The lowest BCUT2D eigenvalue weighted by molar-refractivity contribution is -0.127. The van der Waals surface area contributed by atoms with Crippen molar-refractivity contribution in [1.82, 2.24) is 15.1 Å². The second-order valence-electron chi connectivity index (χ2n) is 4.89. The van der Waals surface area contributed by atoms with Gasteiger partial charge in [0, 0.05) is 32.2 Å². The minimum atomic E-state index is -0.415. The number of rotatable bonds is 3. The third-order valence-corrected chi connectivity index (χ3v) is 3.74. The molecule has 2 amide bonds. The van der Waals surface area contributed by atoms with Crippen LogP contribution >= 0.6 is 0 Å². The predicted molar refractivity (Wildman–Crippen MR) is 77.4 cm³/mol. The summed E-state index contributed by atoms with van der Waals surface area (Å²) in [6.45, 7) is 4.94. The molecule has 1 aromatic rings. The summed E-state index contributed by atoms with van der Waals surface area (Å²) in [6.07, 6.45) is 0. The molecule has 0 saturated carbocycles. The molecule has 20 heavy (non-hydrogen) atoms. The Morgan fingerprint density at radius 1 is 1.25 bits per heavy atom. The van der Waals surface area contributed by atoms with Crippen molar-refractivity contribution in [2.24, 2.45) is 0 Å². The molecular weight excluding hydrogens is 254 g/mol. The zero-order valence-electron chi connectivity index (χ0n) is 12.0. The Morgan fingerprint density at radius 3 is 2.55 bits per heavy atom. The molecular formula is C15H21N3O2. The number of piperazine rings is 1. The standard InChI is InChI=1S/C15H21N3O2/c1-3-17-9-10-18(13(11-17)14(19)16-2)15(20)12-7-5-4-6-8-12/h4-8,13H,3,9-11H2,1-2H3,(H,16,19). The quantitative estimate of drug-likeness (QED) is 0.878. The van der Waals surface area contributed by atoms with Crippen LogP contribution in [0.1, 0.15) is 17.3 Å². The largest absolute Gasteiger partial charge is 0.357 e. The van der Waals surface area contributed by atoms with E-state index in [0.717, 1.165) is 13.1 Å². The molecule has 0 spiro atoms. The van der Waals surface area contributed by atoms with E-state index in [1.54, 1.807) is 24.1 Å². The molecule has 1 N–H and O–H groups in total. The maximum atomic E-state index is 12.6. The highest BCUT2D eigenvalue weighted by atomic mass is 16.2. The third kappa shape index (κ3) is 2.99. The number of hydrogen-bond acceptors (Lipinski definition) is 3. The van der Waals surface area contributed by atoms with Crippen LogP contribution in [0.2, 0.25) is 0 Å². The number of hydrogen-bond donors (Lipinski definition) is 1. The van der Waals surface area contributed by atoms with Gasteiger partial charge in [-0.2, -0.15) is 0 Å². The molecule has 0 bridgehead atoms. The lowest BCUT2D eigenvalue weighted by Crippen LogP contribution is -2.60. The van der Waals surface area contributed by atoms with Crippen LogP contribution in [-0.2, 0) is 4.79 Å². The molecule has 1 fully saturated rings. The second kappa shape index (κ2) is 6.52. The lowest BCUT2D eigenvalue weighted by Gasteiger charge is -2.40. The normalized spacial score (nSPS) is 19.7. The van der Waals surface area contributed by atoms with Gasteiger partial charge in [0.2, 0.25) is 5.91 Å². The summed E-state index contributed by atoms with van der Waals surface area (Å²) < 4.78 is 0. The zero-order valence-corrected chi connectivity index (χ0v) is 12.0. The molecule has 0 aromatic heterocycles. The number of amides is 2. The first-order valence-electron chi connectivity index (χ1n) is 6.97. The fourth-order valence-electron chi connectivity index (χ4n) is 2.51. The molecule has 1 saturated heterocycles. The van der Waals surface area contributed by atoms with Crippen LogP contribution in [0.4, 0.5) is 0 Å². The Bertz CT molecular complexity index is 475. The average molecular weight is 275 g/mol. The Kier molecular flexibility index (Phi) is 4.74. The van der Waals surface area contributed by atoms with Gasteiger partial charge in [-0.05, 0) is 18.7 Å². The van der Waals surface area contributed by atoms with Crippen molar-refractivity contribution in [3.63, 3.8) is 0 Å². The van der Waals surface area contributed by atoms with Gasteiger partial charge >= 0.3 is 0 Å². The van der Waals surface area contributed by atoms with Crippen molar-refractivity contribution in [3.05, 3.63) is 35.9 Å². The number of carbonyl (C=O) groups excluding carboxylic acids is 2. The summed E-state index contributed by atoms with van der Waals surface area (Å²) in [6, 6.07) is 8.71. The molecule has 1 atom stereocenters. The number of carbonyl (C=O) groups is 2. The van der Waals surface area contributed by atoms with Crippen molar-refractivity contribution in [3.8, 4) is 0 Å². The summed E-state index contributed by atoms with van der Waals surface area (Å²) in [4.78, 5) is 28.5. The van der Waals surface area contributed by atoms with Gasteiger partial charge in [-0.3, -0.25) is 14.5 Å². The minimum Gasteiger partial charge on any atom is -0.357 e. The number of likely N-dealkylation sites (N-methyl/N-ethyl adjacent to an activating group) is 2. The van der Waals surface area contributed by atoms with Crippen molar-refractivity contribution in [2.45, 2.75) is 13.0 Å². The Morgan fingerprint density at radius 2 is 1.95 bits per heavy atom. The van der Waals surface area contributed by atoms with Crippen LogP contribution in [0.15, 0.2) is 30.3 Å². The Balaban J connectivity index is 2.20. The topological polar surface area (TPSA) is 52.7 Å². The van der Waals surface area contributed by atoms with Crippen LogP contribution in [0, 0.1) is 0 Å². The highest BCUT2D eigenvalue weighted by Crippen LogP contribution is 2.14. The van der Waals surface area contributed by atoms with Gasteiger partial charge in [0.1, 0.15) is 6.04 Å². The second-order valence-corrected chi connectivity index (χ2v) is 4.89. The van der Waals surface area contributed by atoms with E-state index < -0.39 is 6.04 Å². The zero-order chi connectivity index (χ0) is 14.5. The fraction of sp³-hybridized carbons (Fsp3) is 0.467. The monoisotopic (exact) mass is 275 g/mol. The van der Waals surface area contributed by atoms with Gasteiger partial charge in [0.05, 0.1) is 0 Å². The van der Waals surface area contributed by atoms with E-state index in [1.807, 2.05) is 18.2 Å².